The van der Waals surface area contributed by atoms with Gasteiger partial charge < -0.3 is 20.5 Å². The lowest BCUT2D eigenvalue weighted by Gasteiger charge is -2.14. The van der Waals surface area contributed by atoms with E-state index in [9.17, 15) is 5.11 Å². The number of benzene rings is 1. The number of imidazole rings is 1. The molecule has 0 bridgehead atoms. The highest BCUT2D eigenvalue weighted by Gasteiger charge is 2.16. The number of nitrogens with zero attached hydrogens (tertiary/aromatic N) is 2. The van der Waals surface area contributed by atoms with Crippen molar-refractivity contribution >= 4 is 16.7 Å². The molecule has 0 saturated heterocycles. The minimum atomic E-state index is -0.649. The molecule has 1 aromatic carbocycles. The van der Waals surface area contributed by atoms with Gasteiger partial charge >= 0.3 is 0 Å². The predicted molar refractivity (Wildman–Crippen MR) is 71.0 cm³/mol. The minimum Gasteiger partial charge on any atom is -0.399 e. The second kappa shape index (κ2) is 4.96. The van der Waals surface area contributed by atoms with E-state index in [0.29, 0.717) is 18.1 Å². The van der Waals surface area contributed by atoms with Crippen molar-refractivity contribution in [1.82, 2.24) is 9.55 Å². The maximum Gasteiger partial charge on any atom is 0.138 e. The number of hydrogen-bond donors (Lipinski definition) is 3. The molecule has 2 atom stereocenters. The molecule has 0 aliphatic heterocycles. The Bertz CT molecular complexity index is 548. The van der Waals surface area contributed by atoms with Gasteiger partial charge in [-0.25, -0.2) is 4.98 Å². The summed E-state index contributed by atoms with van der Waals surface area (Å²) in [4.78, 5) is 4.41. The zero-order valence-electron chi connectivity index (χ0n) is 10.7. The summed E-state index contributed by atoms with van der Waals surface area (Å²) in [7, 11) is 0. The van der Waals surface area contributed by atoms with Crippen molar-refractivity contribution in [2.45, 2.75) is 26.5 Å². The van der Waals surface area contributed by atoms with Crippen LogP contribution < -0.4 is 5.73 Å². The topological polar surface area (TPSA) is 84.3 Å². The summed E-state index contributed by atoms with van der Waals surface area (Å²) in [5.41, 5.74) is 8.09. The monoisotopic (exact) mass is 249 g/mol. The fourth-order valence-electron chi connectivity index (χ4n) is 2.05. The molecule has 1 heterocycles. The van der Waals surface area contributed by atoms with Gasteiger partial charge in [0.25, 0.3) is 0 Å². The summed E-state index contributed by atoms with van der Waals surface area (Å²) in [6, 6.07) is 5.50. The van der Waals surface area contributed by atoms with Crippen LogP contribution in [0.25, 0.3) is 11.0 Å². The molecule has 0 amide bonds. The van der Waals surface area contributed by atoms with Gasteiger partial charge in [-0.3, -0.25) is 0 Å². The average molecular weight is 249 g/mol. The van der Waals surface area contributed by atoms with Gasteiger partial charge in [-0.1, -0.05) is 6.92 Å². The van der Waals surface area contributed by atoms with Crippen molar-refractivity contribution in [2.24, 2.45) is 5.92 Å². The molecule has 5 heteroatoms. The third-order valence-corrected chi connectivity index (χ3v) is 2.98. The molecule has 0 fully saturated rings. The minimum absolute atomic E-state index is 0.105. The Morgan fingerprint density at radius 3 is 2.72 bits per heavy atom. The third-order valence-electron chi connectivity index (χ3n) is 2.98. The Labute approximate surface area is 106 Å². The van der Waals surface area contributed by atoms with Gasteiger partial charge in [-0.2, -0.15) is 0 Å². The van der Waals surface area contributed by atoms with Gasteiger partial charge in [0.1, 0.15) is 11.9 Å². The van der Waals surface area contributed by atoms with Crippen molar-refractivity contribution in [3.8, 4) is 0 Å². The average Bonchev–Trinajstić information content (AvgIpc) is 2.67. The summed E-state index contributed by atoms with van der Waals surface area (Å²) < 4.78 is 1.94. The molecule has 4 N–H and O–H groups in total. The number of nitrogens with two attached hydrogens (primary N) is 1. The zero-order valence-corrected chi connectivity index (χ0v) is 10.7. The molecule has 0 aliphatic carbocycles. The first-order valence-corrected chi connectivity index (χ1v) is 6.07. The second-order valence-electron chi connectivity index (χ2n) is 4.79. The number of anilines is 1. The smallest absolute Gasteiger partial charge is 0.138 e. The van der Waals surface area contributed by atoms with Gasteiger partial charge in [-0.15, -0.1) is 0 Å². The zero-order chi connectivity index (χ0) is 13.3. The Balaban J connectivity index is 2.55. The number of aliphatic hydroxyl groups excluding tert-OH is 2. The van der Waals surface area contributed by atoms with Crippen LogP contribution in [0.3, 0.4) is 0 Å². The number of hydrogen-bond acceptors (Lipinski definition) is 4. The molecular formula is C13H19N3O2. The lowest BCUT2D eigenvalue weighted by molar-refractivity contribution is 0.177. The van der Waals surface area contributed by atoms with Crippen LogP contribution in [0.1, 0.15) is 25.8 Å². The van der Waals surface area contributed by atoms with Gasteiger partial charge in [-0.05, 0) is 31.0 Å². The summed E-state index contributed by atoms with van der Waals surface area (Å²) in [5, 5.41) is 18.9. The van der Waals surface area contributed by atoms with E-state index in [4.69, 9.17) is 10.8 Å². The fraction of sp³-hybridized carbons (Fsp3) is 0.462. The summed E-state index contributed by atoms with van der Waals surface area (Å²) in [6.07, 6.45) is -0.649. The van der Waals surface area contributed by atoms with Crippen LogP contribution in [0.5, 0.6) is 0 Å². The molecule has 0 spiro atoms. The molecule has 18 heavy (non-hydrogen) atoms. The van der Waals surface area contributed by atoms with Gasteiger partial charge in [0.15, 0.2) is 0 Å². The molecule has 1 aromatic heterocycles. The molecule has 98 valence electrons. The van der Waals surface area contributed by atoms with E-state index in [2.05, 4.69) is 4.98 Å². The number of aliphatic hydroxyl groups is 2. The maximum absolute atomic E-state index is 9.78. The molecule has 2 aromatic rings. The Hall–Kier alpha value is -1.59. The molecule has 2 unspecified atom stereocenters. The second-order valence-corrected chi connectivity index (χ2v) is 4.79. The Morgan fingerprint density at radius 1 is 1.39 bits per heavy atom. The number of nitrogen functional groups attached to an aromatic ring is 1. The van der Waals surface area contributed by atoms with Crippen molar-refractivity contribution in [1.29, 1.82) is 0 Å². The van der Waals surface area contributed by atoms with Crippen molar-refractivity contribution in [3.63, 3.8) is 0 Å². The number of aromatic nitrogens is 2. The normalized spacial score (nSPS) is 14.9. The highest BCUT2D eigenvalue weighted by molar-refractivity contribution is 5.79. The molecule has 2 rings (SSSR count). The van der Waals surface area contributed by atoms with E-state index in [1.807, 2.05) is 23.6 Å². The Kier molecular flexibility index (Phi) is 3.54. The van der Waals surface area contributed by atoms with E-state index in [1.54, 1.807) is 13.0 Å². The molecule has 0 saturated carbocycles. The van der Waals surface area contributed by atoms with E-state index < -0.39 is 6.10 Å². The summed E-state index contributed by atoms with van der Waals surface area (Å²) in [5.74, 6) is 0.716. The quantitative estimate of drug-likeness (QED) is 0.713. The lowest BCUT2D eigenvalue weighted by atomic mass is 10.2. The van der Waals surface area contributed by atoms with Gasteiger partial charge in [0.2, 0.25) is 0 Å². The van der Waals surface area contributed by atoms with Crippen molar-refractivity contribution in [2.75, 3.05) is 12.3 Å². The molecule has 0 radical (unpaired) electrons. The van der Waals surface area contributed by atoms with Gasteiger partial charge in [0.05, 0.1) is 11.0 Å². The number of rotatable bonds is 4. The first-order valence-electron chi connectivity index (χ1n) is 6.07. The Morgan fingerprint density at radius 2 is 2.11 bits per heavy atom. The van der Waals surface area contributed by atoms with Crippen LogP contribution >= 0.6 is 0 Å². The SMILES string of the molecule is CC(CO)Cn1c(C(C)O)nc2cc(N)ccc21. The molecule has 0 aliphatic rings. The molecule has 5 nitrogen and oxygen atoms in total. The van der Waals surface area contributed by atoms with Crippen LogP contribution in [0, 0.1) is 5.92 Å². The van der Waals surface area contributed by atoms with Crippen LogP contribution in [0.4, 0.5) is 5.69 Å². The van der Waals surface area contributed by atoms with Crippen LogP contribution in [0.2, 0.25) is 0 Å². The van der Waals surface area contributed by atoms with E-state index in [1.165, 1.54) is 0 Å². The van der Waals surface area contributed by atoms with E-state index in [0.717, 1.165) is 11.0 Å². The molecular weight excluding hydrogens is 230 g/mol. The largest absolute Gasteiger partial charge is 0.399 e. The predicted octanol–water partition coefficient (Wildman–Crippen LogP) is 1.30. The van der Waals surface area contributed by atoms with Gasteiger partial charge in [0, 0.05) is 18.8 Å². The third kappa shape index (κ3) is 2.32. The summed E-state index contributed by atoms with van der Waals surface area (Å²) >= 11 is 0. The van der Waals surface area contributed by atoms with Crippen molar-refractivity contribution < 1.29 is 10.2 Å². The van der Waals surface area contributed by atoms with E-state index in [-0.39, 0.29) is 12.5 Å². The van der Waals surface area contributed by atoms with Crippen LogP contribution in [-0.2, 0) is 6.54 Å². The highest BCUT2D eigenvalue weighted by atomic mass is 16.3. The number of fused-ring (bicyclic) bond motifs is 1. The van der Waals surface area contributed by atoms with Crippen LogP contribution in [-0.4, -0.2) is 26.4 Å². The van der Waals surface area contributed by atoms with Crippen LogP contribution in [0.15, 0.2) is 18.2 Å². The standard InChI is InChI=1S/C13H19N3O2/c1-8(7-17)6-16-12-4-3-10(14)5-11(12)15-13(16)9(2)18/h3-5,8-9,17-18H,6-7,14H2,1-2H3. The first-order chi connectivity index (χ1) is 8.52. The van der Waals surface area contributed by atoms with Crippen molar-refractivity contribution in [3.05, 3.63) is 24.0 Å². The lowest BCUT2D eigenvalue weighted by Crippen LogP contribution is -2.14. The highest BCUT2D eigenvalue weighted by Crippen LogP contribution is 2.23. The first kappa shape index (κ1) is 12.9. The fourth-order valence-corrected chi connectivity index (χ4v) is 2.05. The maximum atomic E-state index is 9.78. The summed E-state index contributed by atoms with van der Waals surface area (Å²) in [6.45, 7) is 4.37. The van der Waals surface area contributed by atoms with E-state index >= 15 is 0 Å².